The number of hydrogen-bond acceptors (Lipinski definition) is 5. The van der Waals surface area contributed by atoms with E-state index in [0.29, 0.717) is 17.3 Å². The molecule has 0 fully saturated rings. The van der Waals surface area contributed by atoms with Gasteiger partial charge in [0.15, 0.2) is 5.82 Å². The van der Waals surface area contributed by atoms with Crippen LogP contribution in [0.15, 0.2) is 10.6 Å². The van der Waals surface area contributed by atoms with Gasteiger partial charge in [-0.1, -0.05) is 5.16 Å². The Hall–Kier alpha value is -1.50. The minimum absolute atomic E-state index is 0.205. The summed E-state index contributed by atoms with van der Waals surface area (Å²) < 4.78 is 4.79. The van der Waals surface area contributed by atoms with Gasteiger partial charge in [-0.05, 0) is 13.8 Å². The van der Waals surface area contributed by atoms with Crippen LogP contribution in [0.2, 0.25) is 0 Å². The molecule has 0 radical (unpaired) electrons. The maximum atomic E-state index is 11.4. The van der Waals surface area contributed by atoms with Crippen LogP contribution in [0.1, 0.15) is 19.1 Å². The fraction of sp³-hybridized carbons (Fsp3) is 0.500. The zero-order valence-electron chi connectivity index (χ0n) is 9.60. The fourth-order valence-corrected chi connectivity index (χ4v) is 1.83. The maximum Gasteiger partial charge on any atom is 0.316 e. The normalized spacial score (nSPS) is 12.1. The third kappa shape index (κ3) is 4.90. The molecule has 1 heterocycles. The van der Waals surface area contributed by atoms with E-state index in [4.69, 9.17) is 9.63 Å². The Morgan fingerprint density at radius 1 is 1.65 bits per heavy atom. The molecule has 1 atom stereocenters. The number of nitrogens with one attached hydrogen (secondary N) is 1. The number of anilines is 1. The number of carboxylic acid groups (broad SMARTS) is 1. The zero-order valence-corrected chi connectivity index (χ0v) is 10.4. The Bertz CT molecular complexity index is 405. The summed E-state index contributed by atoms with van der Waals surface area (Å²) in [5, 5.41) is 14.3. The first-order chi connectivity index (χ1) is 7.99. The van der Waals surface area contributed by atoms with Crippen LogP contribution >= 0.6 is 11.8 Å². The Morgan fingerprint density at radius 2 is 2.35 bits per heavy atom. The van der Waals surface area contributed by atoms with Crippen molar-refractivity contribution in [3.8, 4) is 0 Å². The average Bonchev–Trinajstić information content (AvgIpc) is 2.63. The minimum Gasteiger partial charge on any atom is -0.480 e. The van der Waals surface area contributed by atoms with Crippen molar-refractivity contribution >= 4 is 29.5 Å². The zero-order chi connectivity index (χ0) is 12.8. The summed E-state index contributed by atoms with van der Waals surface area (Å²) in [5.74, 6) is 0.375. The first-order valence-corrected chi connectivity index (χ1v) is 6.11. The predicted octanol–water partition coefficient (Wildman–Crippen LogP) is 1.52. The second-order valence-corrected chi connectivity index (χ2v) is 4.92. The molecule has 0 aliphatic heterocycles. The van der Waals surface area contributed by atoms with E-state index in [-0.39, 0.29) is 12.3 Å². The molecule has 7 heteroatoms. The van der Waals surface area contributed by atoms with Crippen LogP contribution in [0.3, 0.4) is 0 Å². The summed E-state index contributed by atoms with van der Waals surface area (Å²) in [4.78, 5) is 21.9. The van der Waals surface area contributed by atoms with Gasteiger partial charge in [0.1, 0.15) is 5.76 Å². The van der Waals surface area contributed by atoms with Gasteiger partial charge >= 0.3 is 5.97 Å². The molecule has 0 bridgehead atoms. The van der Waals surface area contributed by atoms with Crippen molar-refractivity contribution in [2.24, 2.45) is 0 Å². The standard InChI is InChI=1S/C10H14N2O4S/c1-6-5-8(12-16-6)11-9(13)3-4-17-7(2)10(14)15/h5,7H,3-4H2,1-2H3,(H,14,15)(H,11,12,13). The largest absolute Gasteiger partial charge is 0.480 e. The van der Waals surface area contributed by atoms with Crippen LogP contribution in [0.5, 0.6) is 0 Å². The van der Waals surface area contributed by atoms with E-state index in [2.05, 4.69) is 10.5 Å². The summed E-state index contributed by atoms with van der Waals surface area (Å²) in [5.41, 5.74) is 0. The monoisotopic (exact) mass is 258 g/mol. The number of carbonyl (C=O) groups is 2. The number of hydrogen-bond donors (Lipinski definition) is 2. The van der Waals surface area contributed by atoms with E-state index in [1.807, 2.05) is 0 Å². The fourth-order valence-electron chi connectivity index (χ4n) is 1.03. The van der Waals surface area contributed by atoms with Gasteiger partial charge < -0.3 is 14.9 Å². The molecule has 6 nitrogen and oxygen atoms in total. The lowest BCUT2D eigenvalue weighted by Crippen LogP contribution is -2.16. The first kappa shape index (κ1) is 13.6. The highest BCUT2D eigenvalue weighted by Gasteiger charge is 2.12. The molecule has 1 amide bonds. The second-order valence-electron chi connectivity index (χ2n) is 3.47. The van der Waals surface area contributed by atoms with Crippen molar-refractivity contribution < 1.29 is 19.2 Å². The molecule has 17 heavy (non-hydrogen) atoms. The van der Waals surface area contributed by atoms with Crippen LogP contribution in [0.4, 0.5) is 5.82 Å². The SMILES string of the molecule is Cc1cc(NC(=O)CCSC(C)C(=O)O)no1. The molecule has 1 unspecified atom stereocenters. The number of carbonyl (C=O) groups excluding carboxylic acids is 1. The molecule has 94 valence electrons. The molecular formula is C10H14N2O4S. The van der Waals surface area contributed by atoms with Crippen molar-refractivity contribution in [2.75, 3.05) is 11.1 Å². The van der Waals surface area contributed by atoms with E-state index < -0.39 is 11.2 Å². The molecule has 1 rings (SSSR count). The van der Waals surface area contributed by atoms with Crippen LogP contribution in [0, 0.1) is 6.92 Å². The van der Waals surface area contributed by atoms with E-state index >= 15 is 0 Å². The van der Waals surface area contributed by atoms with Crippen LogP contribution in [0.25, 0.3) is 0 Å². The minimum atomic E-state index is -0.873. The van der Waals surface area contributed by atoms with E-state index in [1.165, 1.54) is 11.8 Å². The molecular weight excluding hydrogens is 244 g/mol. The second kappa shape index (κ2) is 6.29. The number of aryl methyl sites for hydroxylation is 1. The van der Waals surface area contributed by atoms with Gasteiger partial charge in [-0.3, -0.25) is 9.59 Å². The highest BCUT2D eigenvalue weighted by atomic mass is 32.2. The van der Waals surface area contributed by atoms with Crippen molar-refractivity contribution in [3.63, 3.8) is 0 Å². The number of amides is 1. The Balaban J connectivity index is 2.24. The first-order valence-electron chi connectivity index (χ1n) is 5.06. The molecule has 0 saturated heterocycles. The summed E-state index contributed by atoms with van der Waals surface area (Å²) in [7, 11) is 0. The summed E-state index contributed by atoms with van der Waals surface area (Å²) >= 11 is 1.22. The summed E-state index contributed by atoms with van der Waals surface area (Å²) in [6, 6.07) is 1.62. The smallest absolute Gasteiger partial charge is 0.316 e. The number of aromatic nitrogens is 1. The number of rotatable bonds is 6. The third-order valence-electron chi connectivity index (χ3n) is 1.94. The molecule has 0 aromatic carbocycles. The number of thioether (sulfide) groups is 1. The number of carboxylic acids is 1. The van der Waals surface area contributed by atoms with Crippen molar-refractivity contribution in [1.29, 1.82) is 0 Å². The molecule has 0 saturated carbocycles. The van der Waals surface area contributed by atoms with E-state index in [0.717, 1.165) is 0 Å². The molecule has 1 aromatic heterocycles. The number of aliphatic carboxylic acids is 1. The highest BCUT2D eigenvalue weighted by Crippen LogP contribution is 2.13. The van der Waals surface area contributed by atoms with Gasteiger partial charge in [0.05, 0.1) is 5.25 Å². The van der Waals surface area contributed by atoms with Gasteiger partial charge in [0.25, 0.3) is 0 Å². The van der Waals surface area contributed by atoms with E-state index in [1.54, 1.807) is 19.9 Å². The Labute approximate surface area is 103 Å². The lowest BCUT2D eigenvalue weighted by atomic mass is 10.4. The van der Waals surface area contributed by atoms with Crippen molar-refractivity contribution in [1.82, 2.24) is 5.16 Å². The molecule has 0 aliphatic rings. The highest BCUT2D eigenvalue weighted by molar-refractivity contribution is 8.00. The summed E-state index contributed by atoms with van der Waals surface area (Å²) in [6.45, 7) is 3.32. The van der Waals surface area contributed by atoms with Crippen LogP contribution in [-0.4, -0.2) is 33.1 Å². The lowest BCUT2D eigenvalue weighted by molar-refractivity contribution is -0.136. The van der Waals surface area contributed by atoms with E-state index in [9.17, 15) is 9.59 Å². The van der Waals surface area contributed by atoms with Crippen LogP contribution < -0.4 is 5.32 Å². The average molecular weight is 258 g/mol. The number of nitrogens with zero attached hydrogens (tertiary/aromatic N) is 1. The topological polar surface area (TPSA) is 92.4 Å². The van der Waals surface area contributed by atoms with Gasteiger partial charge in [0.2, 0.25) is 5.91 Å². The van der Waals surface area contributed by atoms with Crippen LogP contribution in [-0.2, 0) is 9.59 Å². The molecule has 0 aliphatic carbocycles. The van der Waals surface area contributed by atoms with Gasteiger partial charge in [-0.15, -0.1) is 11.8 Å². The van der Waals surface area contributed by atoms with Crippen molar-refractivity contribution in [2.45, 2.75) is 25.5 Å². The molecule has 2 N–H and O–H groups in total. The molecule has 0 spiro atoms. The van der Waals surface area contributed by atoms with Crippen molar-refractivity contribution in [3.05, 3.63) is 11.8 Å². The maximum absolute atomic E-state index is 11.4. The quantitative estimate of drug-likeness (QED) is 0.803. The summed E-state index contributed by atoms with van der Waals surface area (Å²) in [6.07, 6.45) is 0.244. The van der Waals surface area contributed by atoms with Gasteiger partial charge in [-0.2, -0.15) is 0 Å². The van der Waals surface area contributed by atoms with Gasteiger partial charge in [0, 0.05) is 18.2 Å². The third-order valence-corrected chi connectivity index (χ3v) is 3.08. The Kier molecular flexibility index (Phi) is 5.02. The van der Waals surface area contributed by atoms with Gasteiger partial charge in [-0.25, -0.2) is 0 Å². The Morgan fingerprint density at radius 3 is 2.88 bits per heavy atom. The predicted molar refractivity (Wildman–Crippen MR) is 64.0 cm³/mol. The lowest BCUT2D eigenvalue weighted by Gasteiger charge is -2.05. The molecule has 1 aromatic rings.